The first-order chi connectivity index (χ1) is 11.1. The number of aliphatic hydroxyl groups is 1. The van der Waals surface area contributed by atoms with Crippen LogP contribution in [0.1, 0.15) is 38.2 Å². The normalized spacial score (nSPS) is 29.3. The molecule has 4 nitrogen and oxygen atoms in total. The molecule has 0 saturated heterocycles. The lowest BCUT2D eigenvalue weighted by Gasteiger charge is -2.25. The van der Waals surface area contributed by atoms with Crippen LogP contribution < -0.4 is 4.74 Å². The summed E-state index contributed by atoms with van der Waals surface area (Å²) in [5.74, 6) is 2.24. The van der Waals surface area contributed by atoms with Crippen LogP contribution in [0.5, 0.6) is 5.75 Å². The van der Waals surface area contributed by atoms with Crippen molar-refractivity contribution in [3.05, 3.63) is 29.8 Å². The van der Waals surface area contributed by atoms with Crippen molar-refractivity contribution in [3.8, 4) is 5.75 Å². The van der Waals surface area contributed by atoms with Gasteiger partial charge in [-0.25, -0.2) is 0 Å². The lowest BCUT2D eigenvalue weighted by atomic mass is 10.0. The number of nitrogens with zero attached hydrogens (tertiary/aromatic N) is 1. The van der Waals surface area contributed by atoms with Crippen molar-refractivity contribution in [1.29, 1.82) is 0 Å². The molecule has 4 heteroatoms. The summed E-state index contributed by atoms with van der Waals surface area (Å²) in [5, 5.41) is 9.73. The first-order valence-electron chi connectivity index (χ1n) is 8.72. The summed E-state index contributed by atoms with van der Waals surface area (Å²) in [7, 11) is 1.93. The maximum atomic E-state index is 12.5. The Balaban J connectivity index is 1.54. The molecule has 1 aromatic carbocycles. The lowest BCUT2D eigenvalue weighted by molar-refractivity contribution is -0.131. The standard InChI is InChI=1S/C19H27NO3/c1-3-23-18-6-4-13(5-7-18)8-19(22)20(2)16-9-14-11-17(21)12-15(14)10-16/h4-7,14-17,21H,3,8-12H2,1-2H3/t14-,15+,16?,17?. The molecule has 0 heterocycles. The summed E-state index contributed by atoms with van der Waals surface area (Å²) in [6, 6.07) is 8.13. The molecule has 0 aliphatic heterocycles. The van der Waals surface area contributed by atoms with Gasteiger partial charge in [-0.1, -0.05) is 12.1 Å². The fraction of sp³-hybridized carbons (Fsp3) is 0.632. The molecule has 3 rings (SSSR count). The molecular weight excluding hydrogens is 290 g/mol. The number of amides is 1. The minimum Gasteiger partial charge on any atom is -0.494 e. The number of likely N-dealkylation sites (N-methyl/N-ethyl adjacent to an activating group) is 1. The molecule has 0 radical (unpaired) electrons. The van der Waals surface area contributed by atoms with E-state index in [0.717, 1.165) is 37.0 Å². The number of ether oxygens (including phenoxy) is 1. The van der Waals surface area contributed by atoms with Gasteiger partial charge < -0.3 is 14.7 Å². The Morgan fingerprint density at radius 2 is 1.78 bits per heavy atom. The number of carbonyl (C=O) groups is 1. The number of aliphatic hydroxyl groups excluding tert-OH is 1. The van der Waals surface area contributed by atoms with Gasteiger partial charge in [0.15, 0.2) is 0 Å². The smallest absolute Gasteiger partial charge is 0.226 e. The zero-order valence-electron chi connectivity index (χ0n) is 14.1. The van der Waals surface area contributed by atoms with E-state index in [1.165, 1.54) is 0 Å². The van der Waals surface area contributed by atoms with E-state index in [4.69, 9.17) is 4.74 Å². The molecular formula is C19H27NO3. The van der Waals surface area contributed by atoms with E-state index < -0.39 is 0 Å². The molecule has 2 saturated carbocycles. The number of fused-ring (bicyclic) bond motifs is 1. The topological polar surface area (TPSA) is 49.8 Å². The molecule has 2 aliphatic rings. The van der Waals surface area contributed by atoms with Crippen LogP contribution in [-0.2, 0) is 11.2 Å². The fourth-order valence-corrected chi connectivity index (χ4v) is 4.24. The fourth-order valence-electron chi connectivity index (χ4n) is 4.24. The predicted octanol–water partition coefficient (Wildman–Crippen LogP) is 2.64. The Bertz CT molecular complexity index is 528. The van der Waals surface area contributed by atoms with Gasteiger partial charge in [0, 0.05) is 13.1 Å². The number of hydrogen-bond acceptors (Lipinski definition) is 3. The highest BCUT2D eigenvalue weighted by Crippen LogP contribution is 2.45. The Morgan fingerprint density at radius 1 is 1.17 bits per heavy atom. The van der Waals surface area contributed by atoms with Crippen LogP contribution in [0.2, 0.25) is 0 Å². The highest BCUT2D eigenvalue weighted by atomic mass is 16.5. The van der Waals surface area contributed by atoms with Gasteiger partial charge in [0.25, 0.3) is 0 Å². The van der Waals surface area contributed by atoms with E-state index in [-0.39, 0.29) is 12.0 Å². The van der Waals surface area contributed by atoms with Crippen LogP contribution in [0.15, 0.2) is 24.3 Å². The zero-order chi connectivity index (χ0) is 16.4. The summed E-state index contributed by atoms with van der Waals surface area (Å²) in [6.07, 6.45) is 4.26. The van der Waals surface area contributed by atoms with Crippen molar-refractivity contribution >= 4 is 5.91 Å². The number of hydrogen-bond donors (Lipinski definition) is 1. The minimum absolute atomic E-state index is 0.115. The summed E-state index contributed by atoms with van der Waals surface area (Å²) in [6.45, 7) is 2.61. The third-order valence-corrected chi connectivity index (χ3v) is 5.50. The Morgan fingerprint density at radius 3 is 2.35 bits per heavy atom. The minimum atomic E-state index is -0.115. The highest BCUT2D eigenvalue weighted by Gasteiger charge is 2.42. The average Bonchev–Trinajstić information content (AvgIpc) is 3.06. The molecule has 23 heavy (non-hydrogen) atoms. The van der Waals surface area contributed by atoms with Crippen LogP contribution in [0, 0.1) is 11.8 Å². The summed E-state index contributed by atoms with van der Waals surface area (Å²) in [5.41, 5.74) is 1.03. The van der Waals surface area contributed by atoms with Crippen molar-refractivity contribution < 1.29 is 14.6 Å². The summed E-state index contributed by atoms with van der Waals surface area (Å²) < 4.78 is 5.43. The van der Waals surface area contributed by atoms with E-state index in [1.54, 1.807) is 0 Å². The second kappa shape index (κ2) is 6.91. The maximum Gasteiger partial charge on any atom is 0.226 e. The van der Waals surface area contributed by atoms with Gasteiger partial charge in [-0.15, -0.1) is 0 Å². The quantitative estimate of drug-likeness (QED) is 0.908. The van der Waals surface area contributed by atoms with Gasteiger partial charge in [0.2, 0.25) is 5.91 Å². The summed E-state index contributed by atoms with van der Waals surface area (Å²) >= 11 is 0. The number of carbonyl (C=O) groups excluding carboxylic acids is 1. The molecule has 1 N–H and O–H groups in total. The second-order valence-electron chi connectivity index (χ2n) is 7.03. The van der Waals surface area contributed by atoms with Crippen LogP contribution >= 0.6 is 0 Å². The van der Waals surface area contributed by atoms with Gasteiger partial charge in [-0.3, -0.25) is 4.79 Å². The Labute approximate surface area is 138 Å². The van der Waals surface area contributed by atoms with Crippen molar-refractivity contribution in [1.82, 2.24) is 4.90 Å². The Kier molecular flexibility index (Phi) is 4.90. The van der Waals surface area contributed by atoms with Crippen molar-refractivity contribution in [2.24, 2.45) is 11.8 Å². The molecule has 1 aromatic rings. The third-order valence-electron chi connectivity index (χ3n) is 5.50. The molecule has 1 amide bonds. The largest absolute Gasteiger partial charge is 0.494 e. The number of benzene rings is 1. The van der Waals surface area contributed by atoms with Gasteiger partial charge >= 0.3 is 0 Å². The lowest BCUT2D eigenvalue weighted by Crippen LogP contribution is -2.37. The molecule has 4 atom stereocenters. The van der Waals surface area contributed by atoms with Gasteiger partial charge in [0.05, 0.1) is 19.1 Å². The molecule has 126 valence electrons. The monoisotopic (exact) mass is 317 g/mol. The molecule has 2 unspecified atom stereocenters. The zero-order valence-corrected chi connectivity index (χ0v) is 14.1. The van der Waals surface area contributed by atoms with Crippen LogP contribution in [0.3, 0.4) is 0 Å². The van der Waals surface area contributed by atoms with Crippen LogP contribution in [-0.4, -0.2) is 41.7 Å². The molecule has 0 aromatic heterocycles. The van der Waals surface area contributed by atoms with Crippen LogP contribution in [0.25, 0.3) is 0 Å². The highest BCUT2D eigenvalue weighted by molar-refractivity contribution is 5.78. The van der Waals surface area contributed by atoms with Crippen molar-refractivity contribution in [2.45, 2.75) is 51.2 Å². The second-order valence-corrected chi connectivity index (χ2v) is 7.03. The van der Waals surface area contributed by atoms with E-state index >= 15 is 0 Å². The summed E-state index contributed by atoms with van der Waals surface area (Å²) in [4.78, 5) is 14.5. The first kappa shape index (κ1) is 16.3. The van der Waals surface area contributed by atoms with E-state index in [0.29, 0.717) is 30.9 Å². The van der Waals surface area contributed by atoms with Crippen molar-refractivity contribution in [3.63, 3.8) is 0 Å². The van der Waals surface area contributed by atoms with Crippen molar-refractivity contribution in [2.75, 3.05) is 13.7 Å². The van der Waals surface area contributed by atoms with Gasteiger partial charge in [-0.05, 0) is 62.1 Å². The molecule has 2 fully saturated rings. The van der Waals surface area contributed by atoms with Gasteiger partial charge in [-0.2, -0.15) is 0 Å². The van der Waals surface area contributed by atoms with E-state index in [1.807, 2.05) is 43.1 Å². The number of rotatable bonds is 5. The molecule has 0 bridgehead atoms. The average molecular weight is 317 g/mol. The molecule has 2 aliphatic carbocycles. The maximum absolute atomic E-state index is 12.5. The predicted molar refractivity (Wildman–Crippen MR) is 89.3 cm³/mol. The van der Waals surface area contributed by atoms with Crippen LogP contribution in [0.4, 0.5) is 0 Å². The first-order valence-corrected chi connectivity index (χ1v) is 8.72. The Hall–Kier alpha value is -1.55. The van der Waals surface area contributed by atoms with E-state index in [9.17, 15) is 9.90 Å². The third kappa shape index (κ3) is 3.69. The molecule has 0 spiro atoms. The van der Waals surface area contributed by atoms with E-state index in [2.05, 4.69) is 0 Å². The SMILES string of the molecule is CCOc1ccc(CC(=O)N(C)C2C[C@H]3CC(O)C[C@H]3C2)cc1. The van der Waals surface area contributed by atoms with Gasteiger partial charge in [0.1, 0.15) is 5.75 Å².